The van der Waals surface area contributed by atoms with Gasteiger partial charge in [-0.15, -0.1) is 0 Å². The standard InChI is InChI=1S/C13H10N4O3S2/c1-20-17-10(11(18)19)8-6-22(12(14)15-8)13-16-7-4-2-3-5-9(7)21-13/h2-6H,1H3,(H2-,14,15,18,19)/p+1/b17-10+. The van der Waals surface area contributed by atoms with Crippen molar-refractivity contribution in [2.75, 3.05) is 12.8 Å². The lowest BCUT2D eigenvalue weighted by molar-refractivity contribution is -0.129. The number of nitrogens with two attached hydrogens (primary N) is 1. The topological polar surface area (TPSA) is 111 Å². The first-order valence-electron chi connectivity index (χ1n) is 6.09. The van der Waals surface area contributed by atoms with E-state index in [1.54, 1.807) is 5.38 Å². The molecule has 1 aromatic carbocycles. The molecule has 0 aliphatic heterocycles. The quantitative estimate of drug-likeness (QED) is 0.430. The lowest BCUT2D eigenvalue weighted by Crippen LogP contribution is -2.15. The Morgan fingerprint density at radius 1 is 1.41 bits per heavy atom. The van der Waals surface area contributed by atoms with Gasteiger partial charge in [-0.05, 0) is 12.1 Å². The molecule has 9 heteroatoms. The van der Waals surface area contributed by atoms with Crippen molar-refractivity contribution in [1.82, 2.24) is 9.97 Å². The molecule has 3 rings (SSSR count). The summed E-state index contributed by atoms with van der Waals surface area (Å²) in [6.45, 7) is 0. The maximum atomic E-state index is 11.2. The minimum absolute atomic E-state index is 0.189. The van der Waals surface area contributed by atoms with Crippen LogP contribution < -0.4 is 5.73 Å². The summed E-state index contributed by atoms with van der Waals surface area (Å²) in [5.41, 5.74) is 6.74. The van der Waals surface area contributed by atoms with Crippen LogP contribution >= 0.6 is 21.8 Å². The zero-order valence-corrected chi connectivity index (χ0v) is 13.0. The second-order valence-electron chi connectivity index (χ2n) is 4.17. The molecule has 0 fully saturated rings. The van der Waals surface area contributed by atoms with Crippen LogP contribution in [0.15, 0.2) is 34.8 Å². The van der Waals surface area contributed by atoms with Crippen LogP contribution in [0.1, 0.15) is 5.69 Å². The lowest BCUT2D eigenvalue weighted by Gasteiger charge is -1.92. The van der Waals surface area contributed by atoms with Crippen molar-refractivity contribution in [3.8, 4) is 4.34 Å². The number of aromatic nitrogens is 2. The number of fused-ring (bicyclic) bond motifs is 1. The van der Waals surface area contributed by atoms with Gasteiger partial charge in [0.1, 0.15) is 7.11 Å². The molecule has 2 aromatic heterocycles. The molecule has 112 valence electrons. The Kier molecular flexibility index (Phi) is 3.73. The molecule has 22 heavy (non-hydrogen) atoms. The number of nitrogen functional groups attached to an aromatic ring is 1. The van der Waals surface area contributed by atoms with Crippen molar-refractivity contribution in [1.29, 1.82) is 0 Å². The van der Waals surface area contributed by atoms with Gasteiger partial charge >= 0.3 is 15.4 Å². The molecule has 0 aliphatic carbocycles. The summed E-state index contributed by atoms with van der Waals surface area (Å²) < 4.78 is 1.84. The first kappa shape index (κ1) is 14.4. The fraction of sp³-hybridized carbons (Fsp3) is 0.0769. The predicted molar refractivity (Wildman–Crippen MR) is 86.8 cm³/mol. The summed E-state index contributed by atoms with van der Waals surface area (Å²) in [7, 11) is 0.611. The molecule has 0 amide bonds. The molecule has 2 heterocycles. The van der Waals surface area contributed by atoms with Crippen molar-refractivity contribution in [3.05, 3.63) is 35.3 Å². The first-order valence-corrected chi connectivity index (χ1v) is 8.20. The third-order valence-electron chi connectivity index (χ3n) is 2.78. The number of anilines is 1. The van der Waals surface area contributed by atoms with Crippen LogP contribution in [0, 0.1) is 0 Å². The van der Waals surface area contributed by atoms with Gasteiger partial charge in [-0.1, -0.05) is 28.6 Å². The Hall–Kier alpha value is -2.52. The van der Waals surface area contributed by atoms with E-state index in [1.165, 1.54) is 18.4 Å². The van der Waals surface area contributed by atoms with Crippen LogP contribution in [0.25, 0.3) is 14.6 Å². The fourth-order valence-electron chi connectivity index (χ4n) is 1.85. The van der Waals surface area contributed by atoms with Crippen LogP contribution in [0.5, 0.6) is 0 Å². The van der Waals surface area contributed by atoms with Crippen LogP contribution in [0.4, 0.5) is 5.13 Å². The van der Waals surface area contributed by atoms with Crippen LogP contribution in [0.3, 0.4) is 0 Å². The van der Waals surface area contributed by atoms with Crippen molar-refractivity contribution in [2.45, 2.75) is 0 Å². The van der Waals surface area contributed by atoms with Gasteiger partial charge in [0.15, 0.2) is 11.1 Å². The summed E-state index contributed by atoms with van der Waals surface area (Å²) in [4.78, 5) is 24.4. The van der Waals surface area contributed by atoms with Crippen molar-refractivity contribution in [2.24, 2.45) is 5.16 Å². The number of hydrogen-bond acceptors (Lipinski definition) is 7. The smallest absolute Gasteiger partial charge is 0.360 e. The number of carboxylic acid groups (broad SMARTS) is 1. The zero-order valence-electron chi connectivity index (χ0n) is 11.4. The van der Waals surface area contributed by atoms with Crippen molar-refractivity contribution in [3.63, 3.8) is 0 Å². The Morgan fingerprint density at radius 2 is 2.18 bits per heavy atom. The molecule has 7 nitrogen and oxygen atoms in total. The van der Waals surface area contributed by atoms with Gasteiger partial charge in [0, 0.05) is 0 Å². The Balaban J connectivity index is 2.09. The number of carbonyl (C=O) groups is 1. The monoisotopic (exact) mass is 335 g/mol. The van der Waals surface area contributed by atoms with Gasteiger partial charge in [0.05, 0.1) is 20.7 Å². The number of oxime groups is 1. The molecule has 1 unspecified atom stereocenters. The van der Waals surface area contributed by atoms with E-state index in [4.69, 9.17) is 10.8 Å². The number of thiazole rings is 2. The van der Waals surface area contributed by atoms with Gasteiger partial charge in [-0.25, -0.2) is 4.79 Å². The Labute approximate surface area is 131 Å². The number of rotatable bonds is 4. The maximum Gasteiger partial charge on any atom is 0.360 e. The molecular weight excluding hydrogens is 324 g/mol. The number of hydrogen-bond donors (Lipinski definition) is 2. The molecule has 1 atom stereocenters. The Morgan fingerprint density at radius 3 is 2.86 bits per heavy atom. The first-order chi connectivity index (χ1) is 10.6. The summed E-state index contributed by atoms with van der Waals surface area (Å²) in [5, 5.41) is 14.6. The highest BCUT2D eigenvalue weighted by Gasteiger charge is 2.28. The summed E-state index contributed by atoms with van der Waals surface area (Å²) in [5.74, 6) is -1.22. The van der Waals surface area contributed by atoms with E-state index >= 15 is 0 Å². The average Bonchev–Trinajstić information content (AvgIpc) is 3.07. The van der Waals surface area contributed by atoms with E-state index in [2.05, 4.69) is 20.0 Å². The van der Waals surface area contributed by atoms with E-state index < -0.39 is 16.4 Å². The Bertz CT molecular complexity index is 851. The van der Waals surface area contributed by atoms with Gasteiger partial charge in [0.2, 0.25) is 5.71 Å². The van der Waals surface area contributed by atoms with E-state index in [9.17, 15) is 4.79 Å². The maximum absolute atomic E-state index is 11.2. The number of para-hydroxylation sites is 1. The molecule has 0 saturated heterocycles. The third kappa shape index (κ3) is 2.51. The highest BCUT2D eigenvalue weighted by atomic mass is 32.2. The summed E-state index contributed by atoms with van der Waals surface area (Å²) in [6, 6.07) is 7.75. The minimum Gasteiger partial charge on any atom is -0.476 e. The highest BCUT2D eigenvalue weighted by Crippen LogP contribution is 2.41. The summed E-state index contributed by atoms with van der Waals surface area (Å²) >= 11 is 1.51. The van der Waals surface area contributed by atoms with Crippen LogP contribution in [-0.4, -0.2) is 33.9 Å². The third-order valence-corrected chi connectivity index (χ3v) is 5.86. The molecule has 0 saturated carbocycles. The van der Waals surface area contributed by atoms with Gasteiger partial charge in [-0.3, -0.25) is 0 Å². The number of benzene rings is 1. The number of nitrogens with zero attached hydrogens (tertiary/aromatic N) is 3. The largest absolute Gasteiger partial charge is 0.476 e. The molecule has 0 aliphatic rings. The van der Waals surface area contributed by atoms with Gasteiger partial charge in [0.25, 0.3) is 0 Å². The molecular formula is C13H11N4O3S2+. The fourth-order valence-corrected chi connectivity index (χ4v) is 4.75. The minimum atomic E-state index is -1.22. The predicted octanol–water partition coefficient (Wildman–Crippen LogP) is 2.45. The molecule has 3 aromatic rings. The van der Waals surface area contributed by atoms with Crippen LogP contribution in [0.2, 0.25) is 0 Å². The zero-order chi connectivity index (χ0) is 15.7. The highest BCUT2D eigenvalue weighted by molar-refractivity contribution is 7.52. The normalized spacial score (nSPS) is 12.6. The van der Waals surface area contributed by atoms with Gasteiger partial charge < -0.3 is 15.7 Å². The van der Waals surface area contributed by atoms with E-state index in [-0.39, 0.29) is 11.4 Å². The molecule has 0 spiro atoms. The van der Waals surface area contributed by atoms with E-state index in [0.717, 1.165) is 14.6 Å². The number of aliphatic carboxylic acids is 1. The van der Waals surface area contributed by atoms with Crippen molar-refractivity contribution >= 4 is 48.8 Å². The number of carboxylic acids is 1. The van der Waals surface area contributed by atoms with Crippen LogP contribution in [-0.2, 0) is 9.63 Å². The van der Waals surface area contributed by atoms with Crippen molar-refractivity contribution < 1.29 is 14.7 Å². The second-order valence-corrected chi connectivity index (χ2v) is 7.17. The van der Waals surface area contributed by atoms with E-state index in [1.807, 2.05) is 24.3 Å². The average molecular weight is 335 g/mol. The molecule has 0 bridgehead atoms. The molecule has 0 radical (unpaired) electrons. The second kappa shape index (κ2) is 5.70. The van der Waals surface area contributed by atoms with E-state index in [0.29, 0.717) is 5.13 Å². The SMILES string of the molecule is CO/N=C(/C(=O)O)c1c[s+](-c2nc3ccccc3s2)c(N)n1. The van der Waals surface area contributed by atoms with Gasteiger partial charge in [-0.2, -0.15) is 9.97 Å². The summed E-state index contributed by atoms with van der Waals surface area (Å²) in [6.07, 6.45) is 0. The molecule has 3 N–H and O–H groups in total. The lowest BCUT2D eigenvalue weighted by atomic mass is 10.3.